The summed E-state index contributed by atoms with van der Waals surface area (Å²) >= 11 is 0. The number of benzene rings is 1. The third-order valence-corrected chi connectivity index (χ3v) is 5.53. The Morgan fingerprint density at radius 2 is 2.20 bits per heavy atom. The summed E-state index contributed by atoms with van der Waals surface area (Å²) in [4.78, 5) is 12.6. The number of amides is 1. The third-order valence-electron chi connectivity index (χ3n) is 4.13. The number of aryl methyl sites for hydroxylation is 1. The molecule has 6 nitrogen and oxygen atoms in total. The molecular formula is C18H18N2O4S. The summed E-state index contributed by atoms with van der Waals surface area (Å²) < 4.78 is 32.0. The summed E-state index contributed by atoms with van der Waals surface area (Å²) in [6.45, 7) is -0.107. The van der Waals surface area contributed by atoms with Crippen molar-refractivity contribution in [2.75, 3.05) is 6.54 Å². The van der Waals surface area contributed by atoms with Crippen LogP contribution < -0.4 is 10.0 Å². The molecule has 0 saturated carbocycles. The van der Waals surface area contributed by atoms with Gasteiger partial charge in [-0.2, -0.15) is 4.72 Å². The van der Waals surface area contributed by atoms with Crippen LogP contribution in [0.3, 0.4) is 0 Å². The summed E-state index contributed by atoms with van der Waals surface area (Å²) in [5.41, 5.74) is 1.26. The SMILES string of the molecule is C#CCNS(=O)(=O)c1cccc(C(=O)NC2CCCc3occc32)c1. The van der Waals surface area contributed by atoms with E-state index in [0.717, 1.165) is 30.6 Å². The molecule has 1 aliphatic rings. The summed E-state index contributed by atoms with van der Waals surface area (Å²) in [5.74, 6) is 2.78. The molecule has 1 unspecified atom stereocenters. The van der Waals surface area contributed by atoms with Gasteiger partial charge >= 0.3 is 0 Å². The average Bonchev–Trinajstić information content (AvgIpc) is 3.10. The molecule has 7 heteroatoms. The molecule has 2 aromatic rings. The third kappa shape index (κ3) is 3.76. The van der Waals surface area contributed by atoms with Gasteiger partial charge in [0.25, 0.3) is 5.91 Å². The lowest BCUT2D eigenvalue weighted by atomic mass is 9.93. The maximum Gasteiger partial charge on any atom is 0.251 e. The number of carbonyl (C=O) groups excluding carboxylic acids is 1. The highest BCUT2D eigenvalue weighted by Gasteiger charge is 2.25. The molecule has 130 valence electrons. The normalized spacial score (nSPS) is 16.7. The smallest absolute Gasteiger partial charge is 0.251 e. The van der Waals surface area contributed by atoms with Gasteiger partial charge in [0.15, 0.2) is 0 Å². The number of carbonyl (C=O) groups is 1. The van der Waals surface area contributed by atoms with E-state index >= 15 is 0 Å². The minimum atomic E-state index is -3.74. The van der Waals surface area contributed by atoms with Crippen LogP contribution in [0.1, 0.15) is 40.6 Å². The number of hydrogen-bond donors (Lipinski definition) is 2. The number of sulfonamides is 1. The van der Waals surface area contributed by atoms with Gasteiger partial charge in [-0.1, -0.05) is 12.0 Å². The summed E-state index contributed by atoms with van der Waals surface area (Å²) in [6.07, 6.45) is 9.31. The van der Waals surface area contributed by atoms with E-state index in [0.29, 0.717) is 0 Å². The first-order valence-corrected chi connectivity index (χ1v) is 9.40. The maximum atomic E-state index is 12.5. The minimum Gasteiger partial charge on any atom is -0.469 e. The lowest BCUT2D eigenvalue weighted by Gasteiger charge is -2.22. The topological polar surface area (TPSA) is 88.4 Å². The molecule has 1 aromatic heterocycles. The molecule has 2 N–H and O–H groups in total. The van der Waals surface area contributed by atoms with Crippen molar-refractivity contribution in [3.8, 4) is 12.3 Å². The Kier molecular flexibility index (Phi) is 4.93. The number of furan rings is 1. The predicted molar refractivity (Wildman–Crippen MR) is 92.3 cm³/mol. The molecule has 1 aromatic carbocycles. The Labute approximate surface area is 146 Å². The highest BCUT2D eigenvalue weighted by Crippen LogP contribution is 2.30. The van der Waals surface area contributed by atoms with Gasteiger partial charge in [0, 0.05) is 17.5 Å². The fraction of sp³-hybridized carbons (Fsp3) is 0.278. The second-order valence-corrected chi connectivity index (χ2v) is 7.54. The fourth-order valence-corrected chi connectivity index (χ4v) is 3.88. The van der Waals surface area contributed by atoms with Crippen molar-refractivity contribution in [2.45, 2.75) is 30.2 Å². The van der Waals surface area contributed by atoms with Gasteiger partial charge in [-0.05, 0) is 37.1 Å². The Bertz CT molecular complexity index is 925. The van der Waals surface area contributed by atoms with E-state index in [2.05, 4.69) is 16.0 Å². The van der Waals surface area contributed by atoms with E-state index in [-0.39, 0.29) is 29.0 Å². The van der Waals surface area contributed by atoms with Gasteiger partial charge in [0.05, 0.1) is 23.7 Å². The number of rotatable bonds is 5. The molecule has 0 radical (unpaired) electrons. The van der Waals surface area contributed by atoms with Crippen LogP contribution in [0.4, 0.5) is 0 Å². The first-order valence-electron chi connectivity index (χ1n) is 7.91. The summed E-state index contributed by atoms with van der Waals surface area (Å²) in [7, 11) is -3.74. The molecule has 1 atom stereocenters. The van der Waals surface area contributed by atoms with Gasteiger partial charge in [-0.3, -0.25) is 4.79 Å². The number of fused-ring (bicyclic) bond motifs is 1. The van der Waals surface area contributed by atoms with Gasteiger partial charge in [0.2, 0.25) is 10.0 Å². The first-order chi connectivity index (χ1) is 12.0. The van der Waals surface area contributed by atoms with Crippen LogP contribution in [-0.4, -0.2) is 20.9 Å². The van der Waals surface area contributed by atoms with Gasteiger partial charge in [-0.15, -0.1) is 6.42 Å². The van der Waals surface area contributed by atoms with E-state index in [4.69, 9.17) is 10.8 Å². The Morgan fingerprint density at radius 1 is 1.36 bits per heavy atom. The highest BCUT2D eigenvalue weighted by molar-refractivity contribution is 7.89. The predicted octanol–water partition coefficient (Wildman–Crippen LogP) is 2.00. The lowest BCUT2D eigenvalue weighted by molar-refractivity contribution is 0.0932. The Balaban J connectivity index is 1.78. The standard InChI is InChI=1S/C18H18N2O4S/c1-2-10-19-25(22,23)14-6-3-5-13(12-14)18(21)20-16-7-4-8-17-15(16)9-11-24-17/h1,3,5-6,9,11-12,16,19H,4,7-8,10H2,(H,20,21). The van der Waals surface area contributed by atoms with Gasteiger partial charge < -0.3 is 9.73 Å². The first kappa shape index (κ1) is 17.3. The molecule has 0 saturated heterocycles. The summed E-state index contributed by atoms with van der Waals surface area (Å²) in [5, 5.41) is 2.95. The molecule has 1 aliphatic carbocycles. The molecule has 0 bridgehead atoms. The minimum absolute atomic E-state index is 0.00282. The van der Waals surface area contributed by atoms with Crippen LogP contribution in [-0.2, 0) is 16.4 Å². The van der Waals surface area contributed by atoms with Crippen LogP contribution in [0.5, 0.6) is 0 Å². The van der Waals surface area contributed by atoms with E-state index in [1.807, 2.05) is 6.07 Å². The van der Waals surface area contributed by atoms with Crippen molar-refractivity contribution in [3.05, 3.63) is 53.5 Å². The maximum absolute atomic E-state index is 12.5. The molecular weight excluding hydrogens is 340 g/mol. The molecule has 1 amide bonds. The van der Waals surface area contributed by atoms with Crippen molar-refractivity contribution in [1.82, 2.24) is 10.0 Å². The quantitative estimate of drug-likeness (QED) is 0.800. The largest absolute Gasteiger partial charge is 0.469 e. The number of nitrogens with one attached hydrogen (secondary N) is 2. The van der Waals surface area contributed by atoms with Crippen LogP contribution in [0, 0.1) is 12.3 Å². The van der Waals surface area contributed by atoms with E-state index < -0.39 is 10.0 Å². The Hall–Kier alpha value is -2.56. The van der Waals surface area contributed by atoms with Crippen molar-refractivity contribution < 1.29 is 17.6 Å². The van der Waals surface area contributed by atoms with Gasteiger partial charge in [-0.25, -0.2) is 8.42 Å². The zero-order chi connectivity index (χ0) is 17.9. The van der Waals surface area contributed by atoms with Crippen LogP contribution in [0.25, 0.3) is 0 Å². The van der Waals surface area contributed by atoms with E-state index in [1.54, 1.807) is 12.3 Å². The van der Waals surface area contributed by atoms with Crippen molar-refractivity contribution in [2.24, 2.45) is 0 Å². The zero-order valence-corrected chi connectivity index (χ0v) is 14.3. The van der Waals surface area contributed by atoms with Crippen molar-refractivity contribution in [1.29, 1.82) is 0 Å². The Morgan fingerprint density at radius 3 is 3.00 bits per heavy atom. The molecule has 3 rings (SSSR count). The fourth-order valence-electron chi connectivity index (χ4n) is 2.90. The van der Waals surface area contributed by atoms with Crippen LogP contribution in [0.15, 0.2) is 45.9 Å². The highest BCUT2D eigenvalue weighted by atomic mass is 32.2. The molecule has 1 heterocycles. The molecule has 0 aliphatic heterocycles. The van der Waals surface area contributed by atoms with Gasteiger partial charge in [0.1, 0.15) is 5.76 Å². The lowest BCUT2D eigenvalue weighted by Crippen LogP contribution is -2.31. The monoisotopic (exact) mass is 358 g/mol. The van der Waals surface area contributed by atoms with Crippen molar-refractivity contribution in [3.63, 3.8) is 0 Å². The second kappa shape index (κ2) is 7.13. The molecule has 0 fully saturated rings. The number of hydrogen-bond acceptors (Lipinski definition) is 4. The molecule has 0 spiro atoms. The zero-order valence-electron chi connectivity index (χ0n) is 13.5. The van der Waals surface area contributed by atoms with E-state index in [1.165, 1.54) is 18.2 Å². The second-order valence-electron chi connectivity index (χ2n) is 5.77. The summed E-state index contributed by atoms with van der Waals surface area (Å²) in [6, 6.07) is 7.61. The average molecular weight is 358 g/mol. The van der Waals surface area contributed by atoms with Crippen molar-refractivity contribution >= 4 is 15.9 Å². The van der Waals surface area contributed by atoms with Crippen LogP contribution in [0.2, 0.25) is 0 Å². The number of terminal acetylenes is 1. The molecule has 25 heavy (non-hydrogen) atoms. The van der Waals surface area contributed by atoms with Crippen LogP contribution >= 0.6 is 0 Å². The van der Waals surface area contributed by atoms with E-state index in [9.17, 15) is 13.2 Å².